The molecule has 4 aliphatic rings. The lowest BCUT2D eigenvalue weighted by Crippen LogP contribution is -2.64. The van der Waals surface area contributed by atoms with E-state index in [1.807, 2.05) is 0 Å². The minimum atomic E-state index is -2.98. The fourth-order valence-electron chi connectivity index (χ4n) is 6.66. The summed E-state index contributed by atoms with van der Waals surface area (Å²) in [5.41, 5.74) is 12.4. The minimum Gasteiger partial charge on any atom is -0.385 e. The van der Waals surface area contributed by atoms with E-state index in [1.165, 1.54) is 12.6 Å². The first-order valence-electron chi connectivity index (χ1n) is 13.3. The van der Waals surface area contributed by atoms with Crippen molar-refractivity contribution in [3.8, 4) is 0 Å². The van der Waals surface area contributed by atoms with Crippen molar-refractivity contribution in [2.24, 2.45) is 22.8 Å². The molecule has 4 rings (SSSR count). The molecule has 2 saturated heterocycles. The zero-order chi connectivity index (χ0) is 25.1. The number of nitrogens with zero attached hydrogens (tertiary/aromatic N) is 1. The maximum Gasteiger partial charge on any atom is 0.228 e. The number of rotatable bonds is 5. The molecule has 0 aromatic rings. The third kappa shape index (κ3) is 6.74. The highest BCUT2D eigenvalue weighted by atomic mass is 32.2. The number of carbonyl (C=O) groups is 1. The zero-order valence-electron chi connectivity index (χ0n) is 20.7. The third-order valence-corrected chi connectivity index (χ3v) is 10.3. The van der Waals surface area contributed by atoms with Crippen molar-refractivity contribution in [1.29, 1.82) is 0 Å². The van der Waals surface area contributed by atoms with Crippen molar-refractivity contribution in [3.05, 3.63) is 12.0 Å². The monoisotopic (exact) mass is 514 g/mol. The summed E-state index contributed by atoms with van der Waals surface area (Å²) in [6.07, 6.45) is 8.82. The normalized spacial score (nSPS) is 34.2. The Bertz CT molecular complexity index is 862. The van der Waals surface area contributed by atoms with Crippen LogP contribution in [0.25, 0.3) is 0 Å². The highest BCUT2D eigenvalue weighted by molar-refractivity contribution is 7.91. The molecule has 0 aromatic heterocycles. The molecule has 3 aliphatic heterocycles. The molecule has 35 heavy (non-hydrogen) atoms. The molecule has 3 fully saturated rings. The van der Waals surface area contributed by atoms with Gasteiger partial charge in [-0.15, -0.1) is 0 Å². The van der Waals surface area contributed by atoms with Crippen LogP contribution in [0, 0.1) is 11.3 Å². The summed E-state index contributed by atoms with van der Waals surface area (Å²) in [4.78, 5) is 15.9. The van der Waals surface area contributed by atoms with Crippen molar-refractivity contribution in [1.82, 2.24) is 20.9 Å². The molecule has 4 atom stereocenters. The molecule has 1 spiro atoms. The van der Waals surface area contributed by atoms with Gasteiger partial charge in [-0.05, 0) is 44.1 Å². The van der Waals surface area contributed by atoms with Gasteiger partial charge in [-0.25, -0.2) is 12.8 Å². The van der Waals surface area contributed by atoms with Crippen molar-refractivity contribution < 1.29 is 17.6 Å². The smallest absolute Gasteiger partial charge is 0.228 e. The quantitative estimate of drug-likeness (QED) is 0.330. The molecule has 200 valence electrons. The number of hydrogen-bond donors (Lipinski definition) is 5. The molecule has 0 aromatic carbocycles. The van der Waals surface area contributed by atoms with E-state index in [9.17, 15) is 17.6 Å². The standard InChI is InChI=1S/C24H43FN6O3S/c25-17-4-8-24(6-2-1-3-7-24)14-18(29-15-17)21(22(26)27)23(32)30-19-16-28-9-5-20(19)31-10-12-35(33,34)13-11-31/h15,18-22,28-29H,1-14,16,26-27H2,(H,30,32)/b17-15+. The van der Waals surface area contributed by atoms with Crippen LogP contribution in [-0.4, -0.2) is 81.2 Å². The number of piperidine rings is 1. The van der Waals surface area contributed by atoms with Gasteiger partial charge in [-0.3, -0.25) is 9.69 Å². The number of nitrogens with two attached hydrogens (primary N) is 2. The average molecular weight is 515 g/mol. The Kier molecular flexibility index (Phi) is 8.73. The maximum absolute atomic E-state index is 14.5. The highest BCUT2D eigenvalue weighted by Crippen LogP contribution is 2.46. The Morgan fingerprint density at radius 3 is 2.57 bits per heavy atom. The molecule has 4 unspecified atom stereocenters. The Balaban J connectivity index is 1.49. The van der Waals surface area contributed by atoms with E-state index in [-0.39, 0.29) is 46.8 Å². The number of amides is 1. The van der Waals surface area contributed by atoms with E-state index < -0.39 is 21.9 Å². The predicted molar refractivity (Wildman–Crippen MR) is 135 cm³/mol. The SMILES string of the molecule is NC(N)C(C(=O)NC1CNCCC1N1CCS(=O)(=O)CC1)C1CC2(CCCCC2)CC/C(F)=C\N1. The minimum absolute atomic E-state index is 0.00313. The van der Waals surface area contributed by atoms with Crippen LogP contribution in [0.3, 0.4) is 0 Å². The van der Waals surface area contributed by atoms with Gasteiger partial charge in [-0.1, -0.05) is 19.3 Å². The second-order valence-corrected chi connectivity index (χ2v) is 13.4. The van der Waals surface area contributed by atoms with Gasteiger partial charge in [0.15, 0.2) is 9.84 Å². The average Bonchev–Trinajstić information content (AvgIpc) is 2.81. The first-order chi connectivity index (χ1) is 16.7. The van der Waals surface area contributed by atoms with Crippen molar-refractivity contribution in [2.45, 2.75) is 82.1 Å². The molecule has 3 heterocycles. The number of sulfone groups is 1. The van der Waals surface area contributed by atoms with Crippen molar-refractivity contribution >= 4 is 15.7 Å². The lowest BCUT2D eigenvalue weighted by Gasteiger charge is -2.45. The van der Waals surface area contributed by atoms with Crippen LogP contribution >= 0.6 is 0 Å². The lowest BCUT2D eigenvalue weighted by atomic mass is 9.65. The van der Waals surface area contributed by atoms with Gasteiger partial charge in [-0.2, -0.15) is 0 Å². The molecular weight excluding hydrogens is 471 g/mol. The molecule has 1 saturated carbocycles. The zero-order valence-corrected chi connectivity index (χ0v) is 21.5. The number of allylic oxidation sites excluding steroid dienone is 1. The molecule has 11 heteroatoms. The largest absolute Gasteiger partial charge is 0.385 e. The van der Waals surface area contributed by atoms with Gasteiger partial charge in [0.05, 0.1) is 29.6 Å². The van der Waals surface area contributed by atoms with Crippen LogP contribution in [0.4, 0.5) is 4.39 Å². The fraction of sp³-hybridized carbons (Fsp3) is 0.875. The van der Waals surface area contributed by atoms with Gasteiger partial charge >= 0.3 is 0 Å². The van der Waals surface area contributed by atoms with Crippen LogP contribution in [0.15, 0.2) is 12.0 Å². The molecule has 0 bridgehead atoms. The van der Waals surface area contributed by atoms with Crippen LogP contribution in [0.2, 0.25) is 0 Å². The first-order valence-corrected chi connectivity index (χ1v) is 15.1. The second kappa shape index (κ2) is 11.4. The summed E-state index contributed by atoms with van der Waals surface area (Å²) >= 11 is 0. The molecule has 7 N–H and O–H groups in total. The Hall–Kier alpha value is -1.27. The molecule has 1 amide bonds. The maximum atomic E-state index is 14.5. The van der Waals surface area contributed by atoms with Crippen molar-refractivity contribution in [2.75, 3.05) is 37.7 Å². The topological polar surface area (TPSA) is 143 Å². The van der Waals surface area contributed by atoms with E-state index in [0.29, 0.717) is 26.1 Å². The fourth-order valence-corrected chi connectivity index (χ4v) is 7.89. The number of halogens is 1. The summed E-state index contributed by atoms with van der Waals surface area (Å²) < 4.78 is 38.3. The molecular formula is C24H43FN6O3S. The van der Waals surface area contributed by atoms with E-state index in [1.54, 1.807) is 0 Å². The van der Waals surface area contributed by atoms with E-state index >= 15 is 0 Å². The van der Waals surface area contributed by atoms with Gasteiger partial charge < -0.3 is 27.4 Å². The summed E-state index contributed by atoms with van der Waals surface area (Å²) in [6.45, 7) is 2.38. The Morgan fingerprint density at radius 2 is 1.89 bits per heavy atom. The summed E-state index contributed by atoms with van der Waals surface area (Å²) in [6, 6.07) is -0.477. The van der Waals surface area contributed by atoms with Gasteiger partial charge in [0, 0.05) is 44.3 Å². The molecule has 9 nitrogen and oxygen atoms in total. The van der Waals surface area contributed by atoms with Gasteiger partial charge in [0.2, 0.25) is 5.91 Å². The van der Waals surface area contributed by atoms with Crippen LogP contribution in [0.1, 0.15) is 57.8 Å². The summed E-state index contributed by atoms with van der Waals surface area (Å²) in [5.74, 6) is -0.817. The number of nitrogens with one attached hydrogen (secondary N) is 3. The van der Waals surface area contributed by atoms with Crippen LogP contribution in [-0.2, 0) is 14.6 Å². The third-order valence-electron chi connectivity index (χ3n) is 8.69. The molecule has 0 radical (unpaired) electrons. The highest BCUT2D eigenvalue weighted by Gasteiger charge is 2.42. The van der Waals surface area contributed by atoms with E-state index in [2.05, 4.69) is 20.9 Å². The number of hydrogen-bond acceptors (Lipinski definition) is 8. The first kappa shape index (κ1) is 26.8. The predicted octanol–water partition coefficient (Wildman–Crippen LogP) is 0.327. The van der Waals surface area contributed by atoms with Crippen LogP contribution in [0.5, 0.6) is 0 Å². The van der Waals surface area contributed by atoms with E-state index in [4.69, 9.17) is 11.5 Å². The Labute approximate surface area is 208 Å². The van der Waals surface area contributed by atoms with Crippen LogP contribution < -0.4 is 27.4 Å². The number of carbonyl (C=O) groups excluding carboxylic acids is 1. The van der Waals surface area contributed by atoms with Crippen molar-refractivity contribution in [3.63, 3.8) is 0 Å². The lowest BCUT2D eigenvalue weighted by molar-refractivity contribution is -0.128. The van der Waals surface area contributed by atoms with E-state index in [0.717, 1.165) is 51.5 Å². The summed E-state index contributed by atoms with van der Waals surface area (Å²) in [5, 5.41) is 9.72. The summed E-state index contributed by atoms with van der Waals surface area (Å²) in [7, 11) is -2.98. The van der Waals surface area contributed by atoms with Gasteiger partial charge in [0.25, 0.3) is 0 Å². The molecule has 1 aliphatic carbocycles. The van der Waals surface area contributed by atoms with Gasteiger partial charge in [0.1, 0.15) is 5.83 Å². The second-order valence-electron chi connectivity index (χ2n) is 11.1. The Morgan fingerprint density at radius 1 is 1.17 bits per heavy atom.